The van der Waals surface area contributed by atoms with Gasteiger partial charge < -0.3 is 9.73 Å². The zero-order valence-electron chi connectivity index (χ0n) is 15.6. The van der Waals surface area contributed by atoms with Crippen LogP contribution in [0.2, 0.25) is 0 Å². The lowest BCUT2D eigenvalue weighted by Gasteiger charge is -2.31. The highest BCUT2D eigenvalue weighted by Crippen LogP contribution is 2.34. The standard InChI is InChI=1S/C21H24FNO3/c1-12-17-15(24)9-6-10-16(17)26-18(12)20(25)23-19(21(2,3)4)13-7-5-8-14(22)11-13/h5,7-8,11,19H,6,9-10H2,1-4H3,(H,23,25)/t19-/m0/s1. The highest BCUT2D eigenvalue weighted by atomic mass is 19.1. The van der Waals surface area contributed by atoms with Crippen LogP contribution in [0.1, 0.15) is 77.5 Å². The van der Waals surface area contributed by atoms with Crippen LogP contribution in [0.5, 0.6) is 0 Å². The van der Waals surface area contributed by atoms with Crippen molar-refractivity contribution in [1.82, 2.24) is 5.32 Å². The van der Waals surface area contributed by atoms with Gasteiger partial charge in [0.05, 0.1) is 11.6 Å². The molecule has 0 bridgehead atoms. The van der Waals surface area contributed by atoms with E-state index in [1.807, 2.05) is 20.8 Å². The predicted octanol–water partition coefficient (Wildman–Crippen LogP) is 4.76. The van der Waals surface area contributed by atoms with Crippen LogP contribution in [0.15, 0.2) is 28.7 Å². The van der Waals surface area contributed by atoms with Crippen molar-refractivity contribution in [2.45, 2.75) is 53.0 Å². The van der Waals surface area contributed by atoms with Crippen molar-refractivity contribution >= 4 is 11.7 Å². The predicted molar refractivity (Wildman–Crippen MR) is 96.8 cm³/mol. The number of Topliss-reactive ketones (excluding diaryl/α,β-unsaturated/α-hetero) is 1. The summed E-state index contributed by atoms with van der Waals surface area (Å²) in [7, 11) is 0. The molecule has 0 aliphatic heterocycles. The van der Waals surface area contributed by atoms with Gasteiger partial charge in [-0.15, -0.1) is 0 Å². The number of ketones is 1. The number of furan rings is 1. The molecule has 1 aromatic carbocycles. The van der Waals surface area contributed by atoms with Gasteiger partial charge in [-0.25, -0.2) is 4.39 Å². The smallest absolute Gasteiger partial charge is 0.287 e. The monoisotopic (exact) mass is 357 g/mol. The Morgan fingerprint density at radius 2 is 2.00 bits per heavy atom. The Morgan fingerprint density at radius 3 is 2.62 bits per heavy atom. The minimum absolute atomic E-state index is 0.0315. The second-order valence-electron chi connectivity index (χ2n) is 7.96. The van der Waals surface area contributed by atoms with Crippen LogP contribution < -0.4 is 5.32 Å². The average Bonchev–Trinajstić information content (AvgIpc) is 2.89. The van der Waals surface area contributed by atoms with E-state index in [9.17, 15) is 14.0 Å². The van der Waals surface area contributed by atoms with Gasteiger partial charge in [-0.1, -0.05) is 32.9 Å². The van der Waals surface area contributed by atoms with E-state index in [-0.39, 0.29) is 28.7 Å². The highest BCUT2D eigenvalue weighted by Gasteiger charge is 2.33. The molecule has 26 heavy (non-hydrogen) atoms. The number of fused-ring (bicyclic) bond motifs is 1. The van der Waals surface area contributed by atoms with Crippen LogP contribution in [0.3, 0.4) is 0 Å². The van der Waals surface area contributed by atoms with Gasteiger partial charge in [0.2, 0.25) is 0 Å². The second-order valence-corrected chi connectivity index (χ2v) is 7.96. The molecule has 1 aliphatic rings. The Bertz CT molecular complexity index is 861. The average molecular weight is 357 g/mol. The van der Waals surface area contributed by atoms with Crippen molar-refractivity contribution in [1.29, 1.82) is 0 Å². The third kappa shape index (κ3) is 3.43. The van der Waals surface area contributed by atoms with Crippen LogP contribution >= 0.6 is 0 Å². The molecule has 1 aliphatic carbocycles. The lowest BCUT2D eigenvalue weighted by Crippen LogP contribution is -2.36. The first kappa shape index (κ1) is 18.4. The number of nitrogens with one attached hydrogen (secondary N) is 1. The largest absolute Gasteiger partial charge is 0.455 e. The van der Waals surface area contributed by atoms with E-state index in [0.29, 0.717) is 35.3 Å². The number of hydrogen-bond donors (Lipinski definition) is 1. The van der Waals surface area contributed by atoms with E-state index in [4.69, 9.17) is 4.42 Å². The molecule has 3 rings (SSSR count). The summed E-state index contributed by atoms with van der Waals surface area (Å²) >= 11 is 0. The molecule has 0 fully saturated rings. The normalized spacial score (nSPS) is 15.5. The van der Waals surface area contributed by atoms with E-state index in [0.717, 1.165) is 6.42 Å². The molecular formula is C21H24FNO3. The van der Waals surface area contributed by atoms with Crippen LogP contribution in [-0.4, -0.2) is 11.7 Å². The van der Waals surface area contributed by atoms with Crippen molar-refractivity contribution in [3.8, 4) is 0 Å². The lowest BCUT2D eigenvalue weighted by molar-refractivity contribution is 0.0869. The number of benzene rings is 1. The maximum atomic E-state index is 13.7. The lowest BCUT2D eigenvalue weighted by atomic mass is 9.82. The summed E-state index contributed by atoms with van der Waals surface area (Å²) in [6.07, 6.45) is 1.90. The summed E-state index contributed by atoms with van der Waals surface area (Å²) in [6, 6.07) is 5.83. The Morgan fingerprint density at radius 1 is 1.27 bits per heavy atom. The van der Waals surface area contributed by atoms with Crippen molar-refractivity contribution in [3.05, 3.63) is 58.3 Å². The van der Waals surface area contributed by atoms with Gasteiger partial charge in [-0.2, -0.15) is 0 Å². The molecule has 138 valence electrons. The van der Waals surface area contributed by atoms with Gasteiger partial charge in [-0.3, -0.25) is 9.59 Å². The number of rotatable bonds is 3. The molecule has 0 radical (unpaired) electrons. The summed E-state index contributed by atoms with van der Waals surface area (Å²) in [6.45, 7) is 7.68. The quantitative estimate of drug-likeness (QED) is 0.861. The van der Waals surface area contributed by atoms with Crippen molar-refractivity contribution in [2.24, 2.45) is 5.41 Å². The van der Waals surface area contributed by atoms with Crippen molar-refractivity contribution in [3.63, 3.8) is 0 Å². The first-order valence-corrected chi connectivity index (χ1v) is 8.90. The fourth-order valence-corrected chi connectivity index (χ4v) is 3.55. The fourth-order valence-electron chi connectivity index (χ4n) is 3.55. The SMILES string of the molecule is Cc1c(C(=O)N[C@@H](c2cccc(F)c2)C(C)(C)C)oc2c1C(=O)CCC2. The van der Waals surface area contributed by atoms with Gasteiger partial charge in [0.15, 0.2) is 11.5 Å². The van der Waals surface area contributed by atoms with Gasteiger partial charge >= 0.3 is 0 Å². The second kappa shape index (κ2) is 6.71. The molecule has 1 aromatic heterocycles. The molecule has 5 heteroatoms. The van der Waals surface area contributed by atoms with E-state index < -0.39 is 6.04 Å². The molecule has 0 saturated heterocycles. The molecule has 4 nitrogen and oxygen atoms in total. The number of carbonyl (C=O) groups is 2. The minimum Gasteiger partial charge on any atom is -0.455 e. The number of aryl methyl sites for hydroxylation is 1. The van der Waals surface area contributed by atoms with Gasteiger partial charge in [0.25, 0.3) is 5.91 Å². The minimum atomic E-state index is -0.400. The van der Waals surface area contributed by atoms with Crippen LogP contribution in [0, 0.1) is 18.2 Å². The summed E-state index contributed by atoms with van der Waals surface area (Å²) in [5.41, 5.74) is 1.50. The van der Waals surface area contributed by atoms with Gasteiger partial charge in [0, 0.05) is 18.4 Å². The van der Waals surface area contributed by atoms with Gasteiger partial charge in [0.1, 0.15) is 11.6 Å². The first-order valence-electron chi connectivity index (χ1n) is 8.90. The molecule has 1 N–H and O–H groups in total. The van der Waals surface area contributed by atoms with E-state index in [1.165, 1.54) is 12.1 Å². The zero-order valence-corrected chi connectivity index (χ0v) is 15.6. The molecule has 0 spiro atoms. The van der Waals surface area contributed by atoms with Crippen LogP contribution in [0.4, 0.5) is 4.39 Å². The maximum absolute atomic E-state index is 13.7. The molecule has 1 amide bonds. The molecular weight excluding hydrogens is 333 g/mol. The summed E-state index contributed by atoms with van der Waals surface area (Å²) in [5.74, 6) is 0.0806. The Hall–Kier alpha value is -2.43. The van der Waals surface area contributed by atoms with Crippen molar-refractivity contribution in [2.75, 3.05) is 0 Å². The van der Waals surface area contributed by atoms with Crippen molar-refractivity contribution < 1.29 is 18.4 Å². The summed E-state index contributed by atoms with van der Waals surface area (Å²) in [4.78, 5) is 25.0. The number of hydrogen-bond acceptors (Lipinski definition) is 3. The summed E-state index contributed by atoms with van der Waals surface area (Å²) < 4.78 is 19.4. The molecule has 1 heterocycles. The van der Waals surface area contributed by atoms with Gasteiger partial charge in [-0.05, 0) is 36.5 Å². The van der Waals surface area contributed by atoms with E-state index >= 15 is 0 Å². The summed E-state index contributed by atoms with van der Waals surface area (Å²) in [5, 5.41) is 2.97. The number of amides is 1. The molecule has 0 unspecified atom stereocenters. The van der Waals surface area contributed by atoms with E-state index in [2.05, 4.69) is 5.32 Å². The Balaban J connectivity index is 1.93. The maximum Gasteiger partial charge on any atom is 0.287 e. The van der Waals surface area contributed by atoms with Crippen LogP contribution in [0.25, 0.3) is 0 Å². The zero-order chi connectivity index (χ0) is 19.1. The molecule has 0 saturated carbocycles. The Labute approximate surface area is 152 Å². The molecule has 1 atom stereocenters. The number of carbonyl (C=O) groups excluding carboxylic acids is 2. The topological polar surface area (TPSA) is 59.3 Å². The van der Waals surface area contributed by atoms with E-state index in [1.54, 1.807) is 19.1 Å². The third-order valence-electron chi connectivity index (χ3n) is 4.84. The highest BCUT2D eigenvalue weighted by molar-refractivity contribution is 6.03. The van der Waals surface area contributed by atoms with Crippen LogP contribution in [-0.2, 0) is 6.42 Å². The number of halogens is 1. The first-order chi connectivity index (χ1) is 12.2. The molecule has 2 aromatic rings. The fraction of sp³-hybridized carbons (Fsp3) is 0.429. The Kier molecular flexibility index (Phi) is 4.74. The third-order valence-corrected chi connectivity index (χ3v) is 4.84.